The van der Waals surface area contributed by atoms with Crippen molar-refractivity contribution in [2.24, 2.45) is 5.92 Å². The molecular weight excluding hydrogens is 388 g/mol. The lowest BCUT2D eigenvalue weighted by Gasteiger charge is -2.33. The molecule has 154 valence electrons. The summed E-state index contributed by atoms with van der Waals surface area (Å²) < 4.78 is 42.0. The standard InChI is InChI=1S/C23H26O5S/c1-17(16-29(24,25)21-7-5-4-6-8-21)9-14-22-18(2)15-27-23(28-22)19-10-12-20(26-3)13-11-19/h4-14,16,18,22-23H,15H2,1-3H3/b14-9+,17-16-/t18-,22-,23+/m1/s1. The van der Waals surface area contributed by atoms with Crippen molar-refractivity contribution in [1.29, 1.82) is 0 Å². The van der Waals surface area contributed by atoms with Crippen molar-refractivity contribution in [1.82, 2.24) is 0 Å². The van der Waals surface area contributed by atoms with Crippen LogP contribution in [0, 0.1) is 5.92 Å². The maximum atomic E-state index is 12.5. The number of rotatable bonds is 6. The van der Waals surface area contributed by atoms with Crippen molar-refractivity contribution in [2.45, 2.75) is 31.1 Å². The maximum absolute atomic E-state index is 12.5. The Bertz CT molecular complexity index is 962. The molecule has 0 saturated carbocycles. The van der Waals surface area contributed by atoms with Gasteiger partial charge in [0, 0.05) is 16.9 Å². The number of hydrogen-bond donors (Lipinski definition) is 0. The summed E-state index contributed by atoms with van der Waals surface area (Å²) in [5.74, 6) is 0.925. The molecule has 0 aliphatic carbocycles. The quantitative estimate of drug-likeness (QED) is 0.643. The first kappa shape index (κ1) is 21.3. The molecule has 29 heavy (non-hydrogen) atoms. The molecule has 0 amide bonds. The van der Waals surface area contributed by atoms with Crippen LogP contribution in [-0.4, -0.2) is 28.2 Å². The average molecular weight is 415 g/mol. The molecule has 0 radical (unpaired) electrons. The maximum Gasteiger partial charge on any atom is 0.200 e. The van der Waals surface area contributed by atoms with Crippen molar-refractivity contribution in [2.75, 3.05) is 13.7 Å². The molecular formula is C23H26O5S. The summed E-state index contributed by atoms with van der Waals surface area (Å²) in [5, 5.41) is 1.28. The van der Waals surface area contributed by atoms with E-state index in [0.29, 0.717) is 12.2 Å². The van der Waals surface area contributed by atoms with Crippen LogP contribution in [0.2, 0.25) is 0 Å². The van der Waals surface area contributed by atoms with Crippen LogP contribution in [0.3, 0.4) is 0 Å². The minimum Gasteiger partial charge on any atom is -0.497 e. The molecule has 0 aromatic heterocycles. The topological polar surface area (TPSA) is 61.8 Å². The summed E-state index contributed by atoms with van der Waals surface area (Å²) in [4.78, 5) is 0.281. The number of benzene rings is 2. The highest BCUT2D eigenvalue weighted by Gasteiger charge is 2.28. The Balaban J connectivity index is 1.71. The summed E-state index contributed by atoms with van der Waals surface area (Å²) in [6, 6.07) is 16.0. The average Bonchev–Trinajstić information content (AvgIpc) is 2.73. The van der Waals surface area contributed by atoms with E-state index in [1.165, 1.54) is 5.41 Å². The van der Waals surface area contributed by atoms with Gasteiger partial charge in [0.25, 0.3) is 0 Å². The summed E-state index contributed by atoms with van der Waals surface area (Å²) in [6.07, 6.45) is 3.04. The number of hydrogen-bond acceptors (Lipinski definition) is 5. The van der Waals surface area contributed by atoms with Gasteiger partial charge in [0.1, 0.15) is 5.75 Å². The van der Waals surface area contributed by atoms with Crippen molar-refractivity contribution >= 4 is 9.84 Å². The summed E-state index contributed by atoms with van der Waals surface area (Å²) in [5.41, 5.74) is 1.55. The van der Waals surface area contributed by atoms with E-state index in [0.717, 1.165) is 11.3 Å². The van der Waals surface area contributed by atoms with Crippen molar-refractivity contribution in [3.8, 4) is 5.75 Å². The van der Waals surface area contributed by atoms with Gasteiger partial charge in [0.05, 0.1) is 24.7 Å². The van der Waals surface area contributed by atoms with Crippen molar-refractivity contribution in [3.05, 3.63) is 83.3 Å². The molecule has 0 spiro atoms. The molecule has 1 heterocycles. The van der Waals surface area contributed by atoms with Gasteiger partial charge < -0.3 is 14.2 Å². The van der Waals surface area contributed by atoms with Gasteiger partial charge in [-0.1, -0.05) is 49.4 Å². The van der Waals surface area contributed by atoms with Crippen LogP contribution in [0.25, 0.3) is 0 Å². The minimum atomic E-state index is -3.48. The molecule has 6 heteroatoms. The van der Waals surface area contributed by atoms with Gasteiger partial charge in [-0.3, -0.25) is 0 Å². The van der Waals surface area contributed by atoms with Gasteiger partial charge in [-0.25, -0.2) is 8.42 Å². The second kappa shape index (κ2) is 9.39. The van der Waals surface area contributed by atoms with Crippen LogP contribution in [-0.2, 0) is 19.3 Å². The molecule has 2 aromatic carbocycles. The lowest BCUT2D eigenvalue weighted by atomic mass is 10.0. The number of allylic oxidation sites excluding steroid dienone is 2. The highest BCUT2D eigenvalue weighted by atomic mass is 32.2. The molecule has 0 bridgehead atoms. The Morgan fingerprint density at radius 1 is 1.10 bits per heavy atom. The third-order valence-electron chi connectivity index (χ3n) is 4.70. The molecule has 3 rings (SSSR count). The SMILES string of the molecule is COc1ccc([C@H]2OC[C@@H](C)[C@@H](/C=C/C(C)=C\S(=O)(=O)c3ccccc3)O2)cc1. The zero-order chi connectivity index (χ0) is 20.9. The summed E-state index contributed by atoms with van der Waals surface area (Å²) in [7, 11) is -1.85. The van der Waals surface area contributed by atoms with E-state index in [4.69, 9.17) is 14.2 Å². The Kier molecular flexibility index (Phi) is 6.90. The van der Waals surface area contributed by atoms with Crippen LogP contribution in [0.4, 0.5) is 0 Å². The molecule has 1 aliphatic heterocycles. The minimum absolute atomic E-state index is 0.152. The van der Waals surface area contributed by atoms with E-state index < -0.39 is 16.1 Å². The first-order valence-corrected chi connectivity index (χ1v) is 11.0. The molecule has 0 N–H and O–H groups in total. The number of methoxy groups -OCH3 is 1. The lowest BCUT2D eigenvalue weighted by molar-refractivity contribution is -0.225. The first-order chi connectivity index (χ1) is 13.9. The number of sulfone groups is 1. The van der Waals surface area contributed by atoms with Gasteiger partial charge >= 0.3 is 0 Å². The fourth-order valence-electron chi connectivity index (χ4n) is 3.03. The fourth-order valence-corrected chi connectivity index (χ4v) is 4.27. The monoisotopic (exact) mass is 414 g/mol. The Labute approximate surface area is 172 Å². The molecule has 1 saturated heterocycles. The Morgan fingerprint density at radius 2 is 1.79 bits per heavy atom. The molecule has 2 aromatic rings. The van der Waals surface area contributed by atoms with E-state index in [-0.39, 0.29) is 16.9 Å². The van der Waals surface area contributed by atoms with E-state index in [1.807, 2.05) is 37.3 Å². The van der Waals surface area contributed by atoms with Crippen LogP contribution in [0.1, 0.15) is 25.7 Å². The van der Waals surface area contributed by atoms with E-state index >= 15 is 0 Å². The highest BCUT2D eigenvalue weighted by Crippen LogP contribution is 2.31. The van der Waals surface area contributed by atoms with Crippen LogP contribution in [0.5, 0.6) is 5.75 Å². The predicted octanol–water partition coefficient (Wildman–Crippen LogP) is 4.68. The molecule has 1 fully saturated rings. The van der Waals surface area contributed by atoms with Gasteiger partial charge in [-0.2, -0.15) is 0 Å². The summed E-state index contributed by atoms with van der Waals surface area (Å²) in [6.45, 7) is 4.36. The lowest BCUT2D eigenvalue weighted by Crippen LogP contribution is -2.33. The highest BCUT2D eigenvalue weighted by molar-refractivity contribution is 7.94. The third kappa shape index (κ3) is 5.56. The van der Waals surface area contributed by atoms with Crippen molar-refractivity contribution in [3.63, 3.8) is 0 Å². The molecule has 1 aliphatic rings. The van der Waals surface area contributed by atoms with Crippen molar-refractivity contribution < 1.29 is 22.6 Å². The largest absolute Gasteiger partial charge is 0.497 e. The predicted molar refractivity (Wildman–Crippen MR) is 112 cm³/mol. The van der Waals surface area contributed by atoms with Gasteiger partial charge in [-0.05, 0) is 36.8 Å². The Morgan fingerprint density at radius 3 is 2.45 bits per heavy atom. The van der Waals surface area contributed by atoms with Crippen LogP contribution in [0.15, 0.2) is 82.6 Å². The van der Waals surface area contributed by atoms with Crippen LogP contribution < -0.4 is 4.74 Å². The summed E-state index contributed by atoms with van der Waals surface area (Å²) >= 11 is 0. The molecule has 0 unspecified atom stereocenters. The van der Waals surface area contributed by atoms with E-state index in [2.05, 4.69) is 0 Å². The normalized spacial score (nSPS) is 23.3. The van der Waals surface area contributed by atoms with Gasteiger partial charge in [0.2, 0.25) is 0 Å². The smallest absolute Gasteiger partial charge is 0.200 e. The van der Waals surface area contributed by atoms with Crippen LogP contribution >= 0.6 is 0 Å². The number of ether oxygens (including phenoxy) is 3. The second-order valence-corrected chi connectivity index (χ2v) is 8.89. The molecule has 3 atom stereocenters. The fraction of sp³-hybridized carbons (Fsp3) is 0.304. The first-order valence-electron chi connectivity index (χ1n) is 9.46. The Hall–Kier alpha value is -2.41. The zero-order valence-corrected chi connectivity index (χ0v) is 17.6. The zero-order valence-electron chi connectivity index (χ0n) is 16.8. The third-order valence-corrected chi connectivity index (χ3v) is 6.31. The van der Waals surface area contributed by atoms with Gasteiger partial charge in [0.15, 0.2) is 16.1 Å². The van der Waals surface area contributed by atoms with E-state index in [1.54, 1.807) is 50.4 Å². The van der Waals surface area contributed by atoms with E-state index in [9.17, 15) is 8.42 Å². The van der Waals surface area contributed by atoms with Gasteiger partial charge in [-0.15, -0.1) is 0 Å². The molecule has 5 nitrogen and oxygen atoms in total. The second-order valence-electron chi connectivity index (χ2n) is 7.10.